The first-order valence-corrected chi connectivity index (χ1v) is 15.1. The van der Waals surface area contributed by atoms with Crippen LogP contribution in [0.3, 0.4) is 0 Å². The number of nitrogens with zero attached hydrogens (tertiary/aromatic N) is 4. The summed E-state index contributed by atoms with van der Waals surface area (Å²) in [6, 6.07) is 10.8. The second-order valence-electron chi connectivity index (χ2n) is 12.3. The number of hydrogen-bond donors (Lipinski definition) is 2. The second kappa shape index (κ2) is 11.9. The van der Waals surface area contributed by atoms with Crippen LogP contribution in [0, 0.1) is 21.3 Å². The number of nitro groups is 1. The lowest BCUT2D eigenvalue weighted by molar-refractivity contribution is -0.384. The van der Waals surface area contributed by atoms with Gasteiger partial charge in [0.05, 0.1) is 10.6 Å². The molecule has 2 unspecified atom stereocenters. The fraction of sp³-hybridized carbons (Fsp3) is 0.516. The first-order valence-electron chi connectivity index (χ1n) is 15.1. The number of carbonyl (C=O) groups excluding carboxylic acids is 3. The predicted octanol–water partition coefficient (Wildman–Crippen LogP) is 3.23. The van der Waals surface area contributed by atoms with E-state index in [1.165, 1.54) is 12.1 Å². The van der Waals surface area contributed by atoms with Crippen molar-refractivity contribution in [2.24, 2.45) is 5.41 Å². The van der Waals surface area contributed by atoms with Crippen LogP contribution in [-0.2, 0) is 9.59 Å². The summed E-state index contributed by atoms with van der Waals surface area (Å²) in [5, 5.41) is 15.9. The molecule has 1 spiro atoms. The average Bonchev–Trinajstić information content (AvgIpc) is 3.42. The average molecular weight is 593 g/mol. The summed E-state index contributed by atoms with van der Waals surface area (Å²) < 4.78 is 14.9. The minimum Gasteiger partial charge on any atom is -0.369 e. The van der Waals surface area contributed by atoms with Gasteiger partial charge in [0.2, 0.25) is 11.8 Å². The molecule has 0 aromatic heterocycles. The van der Waals surface area contributed by atoms with E-state index in [0.29, 0.717) is 11.7 Å². The van der Waals surface area contributed by atoms with Crippen LogP contribution >= 0.6 is 0 Å². The number of benzene rings is 2. The van der Waals surface area contributed by atoms with Crippen LogP contribution in [-0.4, -0.2) is 78.9 Å². The molecule has 6 rings (SSSR count). The van der Waals surface area contributed by atoms with Gasteiger partial charge in [-0.25, -0.2) is 4.39 Å². The standard InChI is InChI=1S/C31H37FN6O5/c32-25-6-1-21(29(40)33-26-7-8-28(39)34-30(26)41)19-27(25)37-13-11-31(12-14-37)10-9-24(20-31)36-17-15-35(16-18-36)22-2-4-23(5-3-22)38(42)43/h1-6,19,24,26H,7-18,20H2,(H,33,40)(H,34,39,41). The summed E-state index contributed by atoms with van der Waals surface area (Å²) in [5.41, 5.74) is 2.06. The summed E-state index contributed by atoms with van der Waals surface area (Å²) in [6.07, 6.45) is 5.80. The van der Waals surface area contributed by atoms with Gasteiger partial charge in [0.25, 0.3) is 11.6 Å². The van der Waals surface area contributed by atoms with Crippen molar-refractivity contribution in [2.75, 3.05) is 49.1 Å². The van der Waals surface area contributed by atoms with Gasteiger partial charge in [-0.3, -0.25) is 34.7 Å². The van der Waals surface area contributed by atoms with Crippen molar-refractivity contribution < 1.29 is 23.7 Å². The fourth-order valence-electron chi connectivity index (χ4n) is 7.26. The number of amides is 3. The molecule has 0 bridgehead atoms. The number of carbonyl (C=O) groups is 3. The molecule has 1 saturated carbocycles. The first kappa shape index (κ1) is 29.0. The van der Waals surface area contributed by atoms with Gasteiger partial charge in [0.15, 0.2) is 0 Å². The molecule has 1 aliphatic carbocycles. The van der Waals surface area contributed by atoms with E-state index in [4.69, 9.17) is 0 Å². The Labute approximate surface area is 249 Å². The van der Waals surface area contributed by atoms with Crippen LogP contribution in [0.25, 0.3) is 0 Å². The normalized spacial score (nSPS) is 24.2. The molecule has 2 aromatic carbocycles. The van der Waals surface area contributed by atoms with Crippen molar-refractivity contribution in [2.45, 2.75) is 57.0 Å². The van der Waals surface area contributed by atoms with Gasteiger partial charge in [0.1, 0.15) is 11.9 Å². The molecule has 3 amide bonds. The minimum absolute atomic E-state index is 0.107. The summed E-state index contributed by atoms with van der Waals surface area (Å²) in [7, 11) is 0. The zero-order valence-corrected chi connectivity index (χ0v) is 24.1. The van der Waals surface area contributed by atoms with E-state index in [2.05, 4.69) is 20.4 Å². The lowest BCUT2D eigenvalue weighted by atomic mass is 9.76. The topological polar surface area (TPSA) is 128 Å². The van der Waals surface area contributed by atoms with Crippen LogP contribution in [0.15, 0.2) is 42.5 Å². The van der Waals surface area contributed by atoms with Gasteiger partial charge in [-0.15, -0.1) is 0 Å². The third kappa shape index (κ3) is 6.20. The molecule has 2 N–H and O–H groups in total. The molecule has 12 heteroatoms. The molecule has 4 fully saturated rings. The maximum absolute atomic E-state index is 14.9. The van der Waals surface area contributed by atoms with Gasteiger partial charge in [-0.2, -0.15) is 0 Å². The number of non-ortho nitro benzene ring substituents is 1. The van der Waals surface area contributed by atoms with Gasteiger partial charge in [-0.1, -0.05) is 0 Å². The number of rotatable bonds is 6. The third-order valence-corrected chi connectivity index (χ3v) is 9.85. The second-order valence-corrected chi connectivity index (χ2v) is 12.3. The Morgan fingerprint density at radius 1 is 0.953 bits per heavy atom. The quantitative estimate of drug-likeness (QED) is 0.297. The maximum Gasteiger partial charge on any atom is 0.269 e. The molecule has 4 aliphatic rings. The Bertz CT molecular complexity index is 1400. The van der Waals surface area contributed by atoms with Gasteiger partial charge in [-0.05, 0) is 74.3 Å². The number of piperazine rings is 1. The van der Waals surface area contributed by atoms with E-state index in [-0.39, 0.29) is 46.2 Å². The summed E-state index contributed by atoms with van der Waals surface area (Å²) in [5.74, 6) is -1.70. The number of imide groups is 1. The zero-order valence-electron chi connectivity index (χ0n) is 24.1. The molecule has 2 atom stereocenters. The highest BCUT2D eigenvalue weighted by molar-refractivity contribution is 6.04. The monoisotopic (exact) mass is 592 g/mol. The van der Waals surface area contributed by atoms with Crippen molar-refractivity contribution in [3.05, 3.63) is 64.0 Å². The highest BCUT2D eigenvalue weighted by Gasteiger charge is 2.43. The molecule has 43 heavy (non-hydrogen) atoms. The van der Waals surface area contributed by atoms with E-state index < -0.39 is 17.9 Å². The Hall–Kier alpha value is -4.06. The smallest absolute Gasteiger partial charge is 0.269 e. The number of hydrogen-bond acceptors (Lipinski definition) is 8. The van der Waals surface area contributed by atoms with Crippen molar-refractivity contribution >= 4 is 34.8 Å². The van der Waals surface area contributed by atoms with Gasteiger partial charge < -0.3 is 15.1 Å². The van der Waals surface area contributed by atoms with Crippen LogP contribution in [0.5, 0.6) is 0 Å². The highest BCUT2D eigenvalue weighted by Crippen LogP contribution is 2.48. The van der Waals surface area contributed by atoms with Crippen molar-refractivity contribution in [1.82, 2.24) is 15.5 Å². The molecule has 2 aromatic rings. The molecule has 3 heterocycles. The molecular weight excluding hydrogens is 555 g/mol. The van der Waals surface area contributed by atoms with Crippen molar-refractivity contribution in [1.29, 1.82) is 0 Å². The summed E-state index contributed by atoms with van der Waals surface area (Å²) >= 11 is 0. The number of anilines is 2. The summed E-state index contributed by atoms with van der Waals surface area (Å²) in [4.78, 5) is 53.8. The van der Waals surface area contributed by atoms with Crippen molar-refractivity contribution in [3.8, 4) is 0 Å². The number of nitrogens with one attached hydrogen (secondary N) is 2. The number of nitro benzene ring substituents is 1. The third-order valence-electron chi connectivity index (χ3n) is 9.85. The largest absolute Gasteiger partial charge is 0.369 e. The molecule has 0 radical (unpaired) electrons. The van der Waals surface area contributed by atoms with E-state index in [1.54, 1.807) is 18.2 Å². The van der Waals surface area contributed by atoms with E-state index in [0.717, 1.165) is 77.1 Å². The van der Waals surface area contributed by atoms with E-state index in [1.807, 2.05) is 17.0 Å². The first-order chi connectivity index (χ1) is 20.7. The predicted molar refractivity (Wildman–Crippen MR) is 158 cm³/mol. The molecular formula is C31H37FN6O5. The zero-order chi connectivity index (χ0) is 30.1. The minimum atomic E-state index is -0.783. The van der Waals surface area contributed by atoms with Gasteiger partial charge in [0, 0.05) is 75.1 Å². The lowest BCUT2D eigenvalue weighted by Crippen LogP contribution is -2.52. The Kier molecular flexibility index (Phi) is 8.04. The maximum atomic E-state index is 14.9. The number of piperidine rings is 2. The SMILES string of the molecule is O=C1CCC(NC(=O)c2ccc(F)c(N3CCC4(CCC(N5CCN(c6ccc([N+](=O)[O-])cc6)CC5)C4)CC3)c2)C(=O)N1. The Morgan fingerprint density at radius 3 is 2.35 bits per heavy atom. The molecule has 228 valence electrons. The Morgan fingerprint density at radius 2 is 1.67 bits per heavy atom. The fourth-order valence-corrected chi connectivity index (χ4v) is 7.26. The van der Waals surface area contributed by atoms with Crippen LogP contribution in [0.4, 0.5) is 21.5 Å². The van der Waals surface area contributed by atoms with Gasteiger partial charge >= 0.3 is 0 Å². The number of halogens is 1. The Balaban J connectivity index is 1.01. The highest BCUT2D eigenvalue weighted by atomic mass is 19.1. The lowest BCUT2D eigenvalue weighted by Gasteiger charge is -2.42. The molecule has 3 aliphatic heterocycles. The van der Waals surface area contributed by atoms with Crippen molar-refractivity contribution in [3.63, 3.8) is 0 Å². The van der Waals surface area contributed by atoms with Crippen LogP contribution in [0.1, 0.15) is 55.3 Å². The summed E-state index contributed by atoms with van der Waals surface area (Å²) in [6.45, 7) is 5.14. The van der Waals surface area contributed by atoms with E-state index >= 15 is 0 Å². The molecule has 11 nitrogen and oxygen atoms in total. The van der Waals surface area contributed by atoms with Crippen LogP contribution < -0.4 is 20.4 Å². The van der Waals surface area contributed by atoms with Crippen LogP contribution in [0.2, 0.25) is 0 Å². The van der Waals surface area contributed by atoms with E-state index in [9.17, 15) is 28.9 Å². The molecule has 3 saturated heterocycles.